The Morgan fingerprint density at radius 2 is 2.42 bits per heavy atom. The first-order valence-electron chi connectivity index (χ1n) is 3.15. The fourth-order valence-electron chi connectivity index (χ4n) is 0.719. The van der Waals surface area contributed by atoms with Crippen molar-refractivity contribution in [1.82, 2.24) is 0 Å². The van der Waals surface area contributed by atoms with E-state index in [1.165, 1.54) is 24.3 Å². The summed E-state index contributed by atoms with van der Waals surface area (Å²) in [4.78, 5) is 21.0. The molecule has 0 atom stereocenters. The molecule has 0 unspecified atom stereocenters. The first kappa shape index (κ1) is 9.22. The Morgan fingerprint density at radius 1 is 1.75 bits per heavy atom. The van der Waals surface area contributed by atoms with Crippen LogP contribution in [0, 0.1) is 0 Å². The summed E-state index contributed by atoms with van der Waals surface area (Å²) in [6.07, 6.45) is 0.660. The molecule has 1 heterocycles. The number of thiophene rings is 1. The Balaban J connectivity index is 2.96. The van der Waals surface area contributed by atoms with Crippen LogP contribution in [-0.4, -0.2) is 12.2 Å². The fraction of sp³-hybridized carbons (Fsp3) is 0.143. The third-order valence-electron chi connectivity index (χ3n) is 1.15. The number of anilines is 1. The van der Waals surface area contributed by atoms with Gasteiger partial charge in [-0.15, -0.1) is 11.3 Å². The Morgan fingerprint density at radius 3 is 2.92 bits per heavy atom. The maximum Gasteiger partial charge on any atom is 0.221 e. The lowest BCUT2D eigenvalue weighted by Gasteiger charge is -1.96. The number of hydrogen-bond donors (Lipinski definition) is 1. The van der Waals surface area contributed by atoms with Gasteiger partial charge in [0.2, 0.25) is 5.91 Å². The van der Waals surface area contributed by atoms with Crippen LogP contribution in [0.2, 0.25) is 4.34 Å². The normalized spacial score (nSPS) is 9.50. The monoisotopic (exact) mass is 203 g/mol. The van der Waals surface area contributed by atoms with Gasteiger partial charge in [-0.2, -0.15) is 0 Å². The van der Waals surface area contributed by atoms with E-state index in [0.29, 0.717) is 21.2 Å². The average molecular weight is 204 g/mol. The maximum atomic E-state index is 10.6. The molecule has 0 saturated carbocycles. The minimum atomic E-state index is -0.211. The number of carbonyl (C=O) groups excluding carboxylic acids is 2. The van der Waals surface area contributed by atoms with Crippen LogP contribution in [0.4, 0.5) is 5.00 Å². The van der Waals surface area contributed by atoms with Crippen molar-refractivity contribution in [1.29, 1.82) is 0 Å². The second-order valence-electron chi connectivity index (χ2n) is 2.13. The van der Waals surface area contributed by atoms with E-state index in [0.717, 1.165) is 0 Å². The lowest BCUT2D eigenvalue weighted by atomic mass is 10.3. The summed E-state index contributed by atoms with van der Waals surface area (Å²) >= 11 is 6.81. The highest BCUT2D eigenvalue weighted by molar-refractivity contribution is 7.20. The fourth-order valence-corrected chi connectivity index (χ4v) is 1.87. The summed E-state index contributed by atoms with van der Waals surface area (Å²) < 4.78 is 0.487. The van der Waals surface area contributed by atoms with Crippen LogP contribution in [0.25, 0.3) is 0 Å². The first-order chi connectivity index (χ1) is 5.63. The quantitative estimate of drug-likeness (QED) is 0.749. The molecule has 0 saturated heterocycles. The predicted octanol–water partition coefficient (Wildman–Crippen LogP) is 2.17. The summed E-state index contributed by atoms with van der Waals surface area (Å²) in [6, 6.07) is 1.52. The van der Waals surface area contributed by atoms with Crippen LogP contribution in [-0.2, 0) is 4.79 Å². The van der Waals surface area contributed by atoms with Crippen molar-refractivity contribution in [2.45, 2.75) is 6.92 Å². The molecule has 5 heteroatoms. The van der Waals surface area contributed by atoms with Gasteiger partial charge in [-0.1, -0.05) is 11.6 Å². The molecule has 0 bridgehead atoms. The highest BCUT2D eigenvalue weighted by Crippen LogP contribution is 2.30. The van der Waals surface area contributed by atoms with Gasteiger partial charge in [0, 0.05) is 6.92 Å². The highest BCUT2D eigenvalue weighted by Gasteiger charge is 2.07. The topological polar surface area (TPSA) is 46.2 Å². The molecule has 0 aliphatic rings. The highest BCUT2D eigenvalue weighted by atomic mass is 35.5. The molecule has 0 aliphatic carbocycles. The summed E-state index contributed by atoms with van der Waals surface area (Å²) in [5, 5.41) is 3.01. The van der Waals surface area contributed by atoms with E-state index in [1.54, 1.807) is 0 Å². The molecule has 3 nitrogen and oxygen atoms in total. The number of nitrogens with one attached hydrogen (secondary N) is 1. The van der Waals surface area contributed by atoms with E-state index in [2.05, 4.69) is 5.32 Å². The molecule has 1 aromatic rings. The van der Waals surface area contributed by atoms with Gasteiger partial charge in [0.25, 0.3) is 0 Å². The summed E-state index contributed by atoms with van der Waals surface area (Å²) in [6.45, 7) is 1.38. The second kappa shape index (κ2) is 3.69. The molecule has 1 amide bonds. The Labute approximate surface area is 78.3 Å². The smallest absolute Gasteiger partial charge is 0.221 e. The molecule has 0 fully saturated rings. The standard InChI is InChI=1S/C7H6ClNO2S/c1-4(11)9-7-5(3-10)2-6(8)12-7/h2-3H,1H3,(H,9,11). The molecule has 64 valence electrons. The molecular weight excluding hydrogens is 198 g/mol. The van der Waals surface area contributed by atoms with Crippen LogP contribution in [0.5, 0.6) is 0 Å². The first-order valence-corrected chi connectivity index (χ1v) is 4.35. The van der Waals surface area contributed by atoms with Crippen LogP contribution < -0.4 is 5.32 Å². The number of carbonyl (C=O) groups is 2. The molecule has 0 spiro atoms. The molecule has 12 heavy (non-hydrogen) atoms. The van der Waals surface area contributed by atoms with Gasteiger partial charge in [-0.25, -0.2) is 0 Å². The lowest BCUT2D eigenvalue weighted by Crippen LogP contribution is -2.05. The molecule has 1 aromatic heterocycles. The van der Waals surface area contributed by atoms with Gasteiger partial charge in [-0.3, -0.25) is 9.59 Å². The Hall–Kier alpha value is -0.870. The molecule has 1 N–H and O–H groups in total. The van der Waals surface area contributed by atoms with E-state index in [9.17, 15) is 9.59 Å². The summed E-state index contributed by atoms with van der Waals surface area (Å²) in [7, 11) is 0. The van der Waals surface area contributed by atoms with Gasteiger partial charge in [0.1, 0.15) is 5.00 Å². The van der Waals surface area contributed by atoms with Gasteiger partial charge >= 0.3 is 0 Å². The summed E-state index contributed by atoms with van der Waals surface area (Å²) in [5.74, 6) is -0.211. The molecule has 0 radical (unpaired) electrons. The minimum absolute atomic E-state index is 0.211. The van der Waals surface area contributed by atoms with Crippen LogP contribution >= 0.6 is 22.9 Å². The zero-order valence-corrected chi connectivity index (χ0v) is 7.83. The number of aldehydes is 1. The summed E-state index contributed by atoms with van der Waals surface area (Å²) in [5.41, 5.74) is 0.417. The Bertz CT molecular complexity index is 321. The van der Waals surface area contributed by atoms with E-state index in [1.807, 2.05) is 0 Å². The van der Waals surface area contributed by atoms with E-state index >= 15 is 0 Å². The average Bonchev–Trinajstić information content (AvgIpc) is 2.29. The van der Waals surface area contributed by atoms with Crippen LogP contribution in [0.3, 0.4) is 0 Å². The van der Waals surface area contributed by atoms with Crippen molar-refractivity contribution in [2.75, 3.05) is 5.32 Å². The zero-order valence-electron chi connectivity index (χ0n) is 6.26. The van der Waals surface area contributed by atoms with E-state index < -0.39 is 0 Å². The predicted molar refractivity (Wildman–Crippen MR) is 49.0 cm³/mol. The van der Waals surface area contributed by atoms with Crippen molar-refractivity contribution in [3.63, 3.8) is 0 Å². The molecule has 0 aliphatic heterocycles. The van der Waals surface area contributed by atoms with Crippen molar-refractivity contribution in [3.8, 4) is 0 Å². The largest absolute Gasteiger partial charge is 0.317 e. The molecule has 1 rings (SSSR count). The van der Waals surface area contributed by atoms with Crippen LogP contribution in [0.15, 0.2) is 6.07 Å². The van der Waals surface area contributed by atoms with Gasteiger partial charge in [0.05, 0.1) is 9.90 Å². The van der Waals surface area contributed by atoms with Crippen molar-refractivity contribution in [2.24, 2.45) is 0 Å². The van der Waals surface area contributed by atoms with E-state index in [-0.39, 0.29) is 5.91 Å². The Kier molecular flexibility index (Phi) is 2.83. The number of halogens is 1. The van der Waals surface area contributed by atoms with Crippen molar-refractivity contribution >= 4 is 40.1 Å². The van der Waals surface area contributed by atoms with Crippen molar-refractivity contribution in [3.05, 3.63) is 16.0 Å². The maximum absolute atomic E-state index is 10.6. The third-order valence-corrected chi connectivity index (χ3v) is 2.34. The number of hydrogen-bond acceptors (Lipinski definition) is 3. The third kappa shape index (κ3) is 2.06. The van der Waals surface area contributed by atoms with Crippen LogP contribution in [0.1, 0.15) is 17.3 Å². The minimum Gasteiger partial charge on any atom is -0.317 e. The molecule has 0 aromatic carbocycles. The number of amides is 1. The molecular formula is C7H6ClNO2S. The van der Waals surface area contributed by atoms with Crippen molar-refractivity contribution < 1.29 is 9.59 Å². The second-order valence-corrected chi connectivity index (χ2v) is 3.82. The van der Waals surface area contributed by atoms with E-state index in [4.69, 9.17) is 11.6 Å². The van der Waals surface area contributed by atoms with Gasteiger partial charge in [-0.05, 0) is 6.07 Å². The van der Waals surface area contributed by atoms with Gasteiger partial charge < -0.3 is 5.32 Å². The number of rotatable bonds is 2. The SMILES string of the molecule is CC(=O)Nc1sc(Cl)cc1C=O. The zero-order chi connectivity index (χ0) is 9.14. The van der Waals surface area contributed by atoms with Gasteiger partial charge in [0.15, 0.2) is 6.29 Å². The lowest BCUT2D eigenvalue weighted by molar-refractivity contribution is -0.114.